The maximum atomic E-state index is 11.8. The lowest BCUT2D eigenvalue weighted by atomic mass is 10.1. The molecule has 0 unspecified atom stereocenters. The van der Waals surface area contributed by atoms with Crippen LogP contribution in [0.4, 0.5) is 0 Å². The van der Waals surface area contributed by atoms with E-state index in [0.717, 1.165) is 5.56 Å². The monoisotopic (exact) mass is 382 g/mol. The van der Waals surface area contributed by atoms with E-state index in [-0.39, 0.29) is 17.9 Å². The van der Waals surface area contributed by atoms with E-state index in [9.17, 15) is 9.59 Å². The summed E-state index contributed by atoms with van der Waals surface area (Å²) < 4.78 is 5.61. The third-order valence-electron chi connectivity index (χ3n) is 3.69. The Hall–Kier alpha value is -3.38. The number of carboxylic acids is 1. The van der Waals surface area contributed by atoms with Crippen molar-refractivity contribution in [3.63, 3.8) is 0 Å². The minimum absolute atomic E-state index is 0.106. The fourth-order valence-corrected chi connectivity index (χ4v) is 2.61. The molecule has 7 heteroatoms. The van der Waals surface area contributed by atoms with Gasteiger partial charge in [0.1, 0.15) is 11.5 Å². The summed E-state index contributed by atoms with van der Waals surface area (Å²) in [5.41, 5.74) is 3.89. The van der Waals surface area contributed by atoms with E-state index < -0.39 is 5.97 Å². The topological polar surface area (TPSA) is 91.9 Å². The highest BCUT2D eigenvalue weighted by atomic mass is 35.5. The van der Waals surface area contributed by atoms with Crippen molar-refractivity contribution >= 4 is 29.7 Å². The fraction of sp³-hybridized carbons (Fsp3) is 0.0500. The smallest absolute Gasteiger partial charge is 0.335 e. The SMILES string of the molecule is O=C(Cc1ccccc1)N/N=C/c1ccc(-c2cc(C(=O)O)ccc2Cl)o1. The molecule has 0 atom stereocenters. The van der Waals surface area contributed by atoms with Gasteiger partial charge in [0.2, 0.25) is 5.91 Å². The second-order valence-corrected chi connectivity index (χ2v) is 6.06. The molecule has 0 radical (unpaired) electrons. The van der Waals surface area contributed by atoms with Crippen molar-refractivity contribution < 1.29 is 19.1 Å². The van der Waals surface area contributed by atoms with Crippen LogP contribution in [0.3, 0.4) is 0 Å². The van der Waals surface area contributed by atoms with Gasteiger partial charge in [-0.25, -0.2) is 10.2 Å². The van der Waals surface area contributed by atoms with Gasteiger partial charge in [-0.15, -0.1) is 0 Å². The lowest BCUT2D eigenvalue weighted by Crippen LogP contribution is -2.19. The van der Waals surface area contributed by atoms with Gasteiger partial charge >= 0.3 is 5.97 Å². The molecule has 1 heterocycles. The average Bonchev–Trinajstić information content (AvgIpc) is 3.11. The van der Waals surface area contributed by atoms with Gasteiger partial charge in [-0.1, -0.05) is 41.9 Å². The quantitative estimate of drug-likeness (QED) is 0.498. The summed E-state index contributed by atoms with van der Waals surface area (Å²) in [6.07, 6.45) is 1.58. The number of nitrogens with one attached hydrogen (secondary N) is 1. The second kappa shape index (κ2) is 8.33. The first-order valence-electron chi connectivity index (χ1n) is 8.02. The largest absolute Gasteiger partial charge is 0.478 e. The van der Waals surface area contributed by atoms with Crippen LogP contribution in [-0.4, -0.2) is 23.2 Å². The molecule has 0 aliphatic heterocycles. The second-order valence-electron chi connectivity index (χ2n) is 5.66. The number of hydrazone groups is 1. The maximum absolute atomic E-state index is 11.8. The lowest BCUT2D eigenvalue weighted by molar-refractivity contribution is -0.120. The molecule has 2 aromatic carbocycles. The van der Waals surface area contributed by atoms with Gasteiger partial charge in [0.15, 0.2) is 0 Å². The summed E-state index contributed by atoms with van der Waals surface area (Å²) in [6, 6.07) is 17.0. The molecule has 0 aliphatic rings. The van der Waals surface area contributed by atoms with Crippen molar-refractivity contribution in [2.45, 2.75) is 6.42 Å². The van der Waals surface area contributed by atoms with Crippen molar-refractivity contribution in [3.8, 4) is 11.3 Å². The highest BCUT2D eigenvalue weighted by Gasteiger charge is 2.12. The molecule has 0 aliphatic carbocycles. The Morgan fingerprint density at radius 2 is 1.89 bits per heavy atom. The summed E-state index contributed by atoms with van der Waals surface area (Å²) in [7, 11) is 0. The number of carbonyl (C=O) groups excluding carboxylic acids is 1. The number of nitrogens with zero attached hydrogens (tertiary/aromatic N) is 1. The minimum atomic E-state index is -1.05. The summed E-state index contributed by atoms with van der Waals surface area (Å²) in [6.45, 7) is 0. The number of amides is 1. The Morgan fingerprint density at radius 1 is 1.11 bits per heavy atom. The van der Waals surface area contributed by atoms with Crippen LogP contribution in [0.2, 0.25) is 5.02 Å². The van der Waals surface area contributed by atoms with Crippen LogP contribution >= 0.6 is 11.6 Å². The van der Waals surface area contributed by atoms with Crippen LogP contribution in [0.1, 0.15) is 21.7 Å². The van der Waals surface area contributed by atoms with Gasteiger partial charge in [-0.05, 0) is 35.9 Å². The molecule has 6 nitrogen and oxygen atoms in total. The van der Waals surface area contributed by atoms with Crippen LogP contribution in [0, 0.1) is 0 Å². The number of furan rings is 1. The van der Waals surface area contributed by atoms with Crippen LogP contribution in [0.25, 0.3) is 11.3 Å². The van der Waals surface area contributed by atoms with E-state index >= 15 is 0 Å². The molecule has 0 spiro atoms. The average molecular weight is 383 g/mol. The van der Waals surface area contributed by atoms with Gasteiger partial charge < -0.3 is 9.52 Å². The fourth-order valence-electron chi connectivity index (χ4n) is 2.40. The molecular formula is C20H15ClN2O4. The van der Waals surface area contributed by atoms with E-state index in [1.165, 1.54) is 24.4 Å². The van der Waals surface area contributed by atoms with Crippen molar-refractivity contribution in [3.05, 3.63) is 82.6 Å². The van der Waals surface area contributed by atoms with E-state index in [0.29, 0.717) is 22.1 Å². The number of aromatic carboxylic acids is 1. The van der Waals surface area contributed by atoms with Gasteiger partial charge in [-0.2, -0.15) is 5.10 Å². The predicted molar refractivity (Wildman–Crippen MR) is 102 cm³/mol. The summed E-state index contributed by atoms with van der Waals surface area (Å²) >= 11 is 6.12. The summed E-state index contributed by atoms with van der Waals surface area (Å²) in [4.78, 5) is 22.9. The van der Waals surface area contributed by atoms with Gasteiger partial charge in [0.05, 0.1) is 23.2 Å². The van der Waals surface area contributed by atoms with Crippen molar-refractivity contribution in [1.29, 1.82) is 0 Å². The molecule has 0 saturated heterocycles. The van der Waals surface area contributed by atoms with E-state index in [4.69, 9.17) is 21.1 Å². The van der Waals surface area contributed by atoms with E-state index in [1.807, 2.05) is 30.3 Å². The molecule has 2 N–H and O–H groups in total. The normalized spacial score (nSPS) is 10.9. The van der Waals surface area contributed by atoms with Crippen molar-refractivity contribution in [2.24, 2.45) is 5.10 Å². The van der Waals surface area contributed by atoms with Crippen LogP contribution < -0.4 is 5.43 Å². The first kappa shape index (κ1) is 18.4. The number of benzene rings is 2. The first-order chi connectivity index (χ1) is 13.0. The summed E-state index contributed by atoms with van der Waals surface area (Å²) in [5.74, 6) is -0.509. The molecule has 136 valence electrons. The standard InChI is InChI=1S/C20H15ClN2O4/c21-17-8-6-14(20(25)26)11-16(17)18-9-7-15(27-18)12-22-23-19(24)10-13-4-2-1-3-5-13/h1-9,11-12H,10H2,(H,23,24)(H,25,26)/b22-12+. The van der Waals surface area contributed by atoms with Gasteiger partial charge in [0, 0.05) is 5.56 Å². The molecule has 0 fully saturated rings. The van der Waals surface area contributed by atoms with Crippen molar-refractivity contribution in [2.75, 3.05) is 0 Å². The maximum Gasteiger partial charge on any atom is 0.335 e. The molecular weight excluding hydrogens is 368 g/mol. The number of carboxylic acid groups (broad SMARTS) is 1. The zero-order valence-electron chi connectivity index (χ0n) is 14.1. The zero-order valence-corrected chi connectivity index (χ0v) is 14.8. The molecule has 3 aromatic rings. The Morgan fingerprint density at radius 3 is 2.63 bits per heavy atom. The van der Waals surface area contributed by atoms with E-state index in [1.54, 1.807) is 12.1 Å². The molecule has 0 saturated carbocycles. The number of halogens is 1. The predicted octanol–water partition coefficient (Wildman–Crippen LogP) is 3.99. The Bertz CT molecular complexity index is 996. The number of carbonyl (C=O) groups is 2. The highest BCUT2D eigenvalue weighted by molar-refractivity contribution is 6.33. The Kier molecular flexibility index (Phi) is 5.68. The zero-order chi connectivity index (χ0) is 19.2. The third kappa shape index (κ3) is 4.83. The number of hydrogen-bond donors (Lipinski definition) is 2. The Balaban J connectivity index is 1.66. The first-order valence-corrected chi connectivity index (χ1v) is 8.39. The molecule has 1 aromatic heterocycles. The minimum Gasteiger partial charge on any atom is -0.478 e. The van der Waals surface area contributed by atoms with Crippen LogP contribution in [-0.2, 0) is 11.2 Å². The number of hydrogen-bond acceptors (Lipinski definition) is 4. The highest BCUT2D eigenvalue weighted by Crippen LogP contribution is 2.30. The van der Waals surface area contributed by atoms with Crippen LogP contribution in [0.5, 0.6) is 0 Å². The van der Waals surface area contributed by atoms with Gasteiger partial charge in [0.25, 0.3) is 0 Å². The van der Waals surface area contributed by atoms with E-state index in [2.05, 4.69) is 10.5 Å². The summed E-state index contributed by atoms with van der Waals surface area (Å²) in [5, 5.41) is 13.3. The lowest BCUT2D eigenvalue weighted by Gasteiger charge is -2.02. The number of rotatable bonds is 6. The van der Waals surface area contributed by atoms with Crippen molar-refractivity contribution in [1.82, 2.24) is 5.43 Å². The molecule has 3 rings (SSSR count). The third-order valence-corrected chi connectivity index (χ3v) is 4.02. The van der Waals surface area contributed by atoms with Gasteiger partial charge in [-0.3, -0.25) is 4.79 Å². The molecule has 27 heavy (non-hydrogen) atoms. The molecule has 0 bridgehead atoms. The Labute approximate surface area is 160 Å². The van der Waals surface area contributed by atoms with Crippen LogP contribution in [0.15, 0.2) is 70.2 Å². The molecule has 1 amide bonds.